The highest BCUT2D eigenvalue weighted by Crippen LogP contribution is 2.36. The molecule has 0 aliphatic heterocycles. The molecule has 3 N–H and O–H groups in total. The van der Waals surface area contributed by atoms with Crippen LogP contribution in [0.15, 0.2) is 12.3 Å². The molecule has 102 valence electrons. The number of nitrogens with zero attached hydrogens (tertiary/aromatic N) is 1. The zero-order chi connectivity index (χ0) is 13.7. The molecule has 6 heteroatoms. The molecule has 1 atom stereocenters. The first-order chi connectivity index (χ1) is 7.69. The van der Waals surface area contributed by atoms with Gasteiger partial charge in [0.25, 0.3) is 0 Å². The van der Waals surface area contributed by atoms with Gasteiger partial charge in [-0.2, -0.15) is 0 Å². The Morgan fingerprint density at radius 1 is 1.35 bits per heavy atom. The highest BCUT2D eigenvalue weighted by Gasteiger charge is 2.40. The van der Waals surface area contributed by atoms with Crippen LogP contribution in [0, 0.1) is 5.41 Å². The van der Waals surface area contributed by atoms with E-state index in [4.69, 9.17) is 5.14 Å². The summed E-state index contributed by atoms with van der Waals surface area (Å²) in [6.07, 6.45) is 5.30. The fourth-order valence-corrected chi connectivity index (χ4v) is 2.96. The summed E-state index contributed by atoms with van der Waals surface area (Å²) in [5, 5.41) is 14.9. The average Bonchev–Trinajstić information content (AvgIpc) is 2.22. The molecule has 0 saturated heterocycles. The molecule has 0 aromatic heterocycles. The van der Waals surface area contributed by atoms with Crippen molar-refractivity contribution < 1.29 is 13.5 Å². The van der Waals surface area contributed by atoms with E-state index in [0.717, 1.165) is 0 Å². The zero-order valence-electron chi connectivity index (χ0n) is 11.0. The molecule has 0 aromatic carbocycles. The van der Waals surface area contributed by atoms with E-state index in [1.54, 1.807) is 0 Å². The Balaban J connectivity index is 5.04. The predicted octanol–water partition coefficient (Wildman–Crippen LogP) is 0.865. The van der Waals surface area contributed by atoms with Crippen molar-refractivity contribution in [3.63, 3.8) is 0 Å². The van der Waals surface area contributed by atoms with E-state index in [9.17, 15) is 13.5 Å². The molecule has 0 rings (SSSR count). The van der Waals surface area contributed by atoms with Crippen LogP contribution in [0.2, 0.25) is 0 Å². The van der Waals surface area contributed by atoms with Crippen molar-refractivity contribution in [2.45, 2.75) is 38.5 Å². The van der Waals surface area contributed by atoms with Gasteiger partial charge in [0.05, 0.1) is 0 Å². The van der Waals surface area contributed by atoms with Crippen molar-refractivity contribution in [1.29, 1.82) is 0 Å². The standard InChI is InChI=1S/C11H24N2O3S/c1-5-11(6-2,8-7-9-13(3)4)10(14)17(12,15)16/h7,9-10,14H,5-6,8H2,1-4H3,(H2,12,15,16). The van der Waals surface area contributed by atoms with E-state index in [-0.39, 0.29) is 0 Å². The Morgan fingerprint density at radius 2 is 1.82 bits per heavy atom. The first kappa shape index (κ1) is 16.4. The first-order valence-corrected chi connectivity index (χ1v) is 7.33. The lowest BCUT2D eigenvalue weighted by Crippen LogP contribution is -2.43. The Labute approximate surface area is 104 Å². The molecule has 0 aromatic rings. The lowest BCUT2D eigenvalue weighted by molar-refractivity contribution is 0.0792. The van der Waals surface area contributed by atoms with Gasteiger partial charge in [-0.1, -0.05) is 19.9 Å². The van der Waals surface area contributed by atoms with E-state index in [0.29, 0.717) is 19.3 Å². The van der Waals surface area contributed by atoms with Crippen LogP contribution in [0.1, 0.15) is 33.1 Å². The molecule has 17 heavy (non-hydrogen) atoms. The SMILES string of the molecule is CCC(CC)(CC=CN(C)C)C(O)S(N)(=O)=O. The average molecular weight is 264 g/mol. The van der Waals surface area contributed by atoms with E-state index in [1.165, 1.54) is 0 Å². The van der Waals surface area contributed by atoms with Crippen molar-refractivity contribution in [1.82, 2.24) is 4.90 Å². The van der Waals surface area contributed by atoms with Crippen molar-refractivity contribution in [3.05, 3.63) is 12.3 Å². The fraction of sp³-hybridized carbons (Fsp3) is 0.818. The van der Waals surface area contributed by atoms with Crippen LogP contribution in [0.3, 0.4) is 0 Å². The summed E-state index contributed by atoms with van der Waals surface area (Å²) in [5.74, 6) is 0. The third-order valence-electron chi connectivity index (χ3n) is 3.17. The zero-order valence-corrected chi connectivity index (χ0v) is 11.9. The second-order valence-corrected chi connectivity index (χ2v) is 6.19. The fourth-order valence-electron chi connectivity index (χ4n) is 1.84. The molecule has 1 unspecified atom stereocenters. The molecule has 0 aliphatic carbocycles. The van der Waals surface area contributed by atoms with E-state index >= 15 is 0 Å². The summed E-state index contributed by atoms with van der Waals surface area (Å²) >= 11 is 0. The van der Waals surface area contributed by atoms with E-state index in [2.05, 4.69) is 0 Å². The van der Waals surface area contributed by atoms with Crippen LogP contribution in [-0.4, -0.2) is 38.0 Å². The molecular weight excluding hydrogens is 240 g/mol. The number of aliphatic hydroxyl groups excluding tert-OH is 1. The van der Waals surface area contributed by atoms with Gasteiger partial charge in [-0.15, -0.1) is 0 Å². The number of sulfonamides is 1. The number of aliphatic hydroxyl groups is 1. The van der Waals surface area contributed by atoms with E-state index < -0.39 is 20.9 Å². The second kappa shape index (κ2) is 6.37. The molecule has 0 fully saturated rings. The van der Waals surface area contributed by atoms with Gasteiger partial charge in [-0.3, -0.25) is 0 Å². The minimum absolute atomic E-state index is 0.482. The Morgan fingerprint density at radius 3 is 2.12 bits per heavy atom. The Bertz CT molecular complexity index is 346. The van der Waals surface area contributed by atoms with Gasteiger partial charge in [0.1, 0.15) is 0 Å². The van der Waals surface area contributed by atoms with Gasteiger partial charge >= 0.3 is 0 Å². The summed E-state index contributed by atoms with van der Waals surface area (Å²) < 4.78 is 22.6. The highest BCUT2D eigenvalue weighted by molar-refractivity contribution is 7.89. The third-order valence-corrected chi connectivity index (χ3v) is 4.29. The van der Waals surface area contributed by atoms with Crippen LogP contribution in [-0.2, 0) is 10.0 Å². The second-order valence-electron chi connectivity index (χ2n) is 4.56. The Kier molecular flexibility index (Phi) is 6.15. The molecule has 0 spiro atoms. The number of primary sulfonamides is 1. The largest absolute Gasteiger partial charge is 0.384 e. The summed E-state index contributed by atoms with van der Waals surface area (Å²) in [5.41, 5.74) is -2.23. The maximum atomic E-state index is 11.3. The quantitative estimate of drug-likeness (QED) is 0.714. The van der Waals surface area contributed by atoms with Crippen molar-refractivity contribution in [2.75, 3.05) is 14.1 Å². The summed E-state index contributed by atoms with van der Waals surface area (Å²) in [7, 11) is -0.165. The van der Waals surface area contributed by atoms with Crippen LogP contribution in [0.25, 0.3) is 0 Å². The van der Waals surface area contributed by atoms with Crippen molar-refractivity contribution in [2.24, 2.45) is 10.6 Å². The Hall–Kier alpha value is -0.590. The van der Waals surface area contributed by atoms with Crippen LogP contribution < -0.4 is 5.14 Å². The first-order valence-electron chi connectivity index (χ1n) is 5.72. The summed E-state index contributed by atoms with van der Waals surface area (Å²) in [6, 6.07) is 0. The van der Waals surface area contributed by atoms with Crippen LogP contribution in [0.5, 0.6) is 0 Å². The molecular formula is C11H24N2O3S. The lowest BCUT2D eigenvalue weighted by atomic mass is 9.80. The summed E-state index contributed by atoms with van der Waals surface area (Å²) in [6.45, 7) is 3.72. The monoisotopic (exact) mass is 264 g/mol. The number of hydrogen-bond acceptors (Lipinski definition) is 4. The molecule has 5 nitrogen and oxygen atoms in total. The van der Waals surface area contributed by atoms with Crippen LogP contribution in [0.4, 0.5) is 0 Å². The number of nitrogens with two attached hydrogens (primary N) is 1. The highest BCUT2D eigenvalue weighted by atomic mass is 32.2. The molecule has 0 heterocycles. The van der Waals surface area contributed by atoms with Crippen molar-refractivity contribution >= 4 is 10.0 Å². The summed E-state index contributed by atoms with van der Waals surface area (Å²) in [4.78, 5) is 1.86. The lowest BCUT2D eigenvalue weighted by Gasteiger charge is -2.34. The molecule has 0 bridgehead atoms. The predicted molar refractivity (Wildman–Crippen MR) is 69.6 cm³/mol. The van der Waals surface area contributed by atoms with Gasteiger partial charge in [0, 0.05) is 19.5 Å². The minimum atomic E-state index is -3.93. The van der Waals surface area contributed by atoms with Crippen molar-refractivity contribution in [3.8, 4) is 0 Å². The third kappa shape index (κ3) is 4.65. The number of hydrogen-bond donors (Lipinski definition) is 2. The normalized spacial score (nSPS) is 15.2. The number of rotatable bonds is 7. The smallest absolute Gasteiger partial charge is 0.236 e. The maximum absolute atomic E-state index is 11.3. The van der Waals surface area contributed by atoms with Crippen LogP contribution >= 0.6 is 0 Å². The molecule has 0 aliphatic rings. The molecule has 0 saturated carbocycles. The number of allylic oxidation sites excluding steroid dienone is 1. The van der Waals surface area contributed by atoms with Gasteiger partial charge < -0.3 is 10.0 Å². The van der Waals surface area contributed by atoms with E-state index in [1.807, 2.05) is 45.1 Å². The maximum Gasteiger partial charge on any atom is 0.236 e. The van der Waals surface area contributed by atoms with Gasteiger partial charge in [-0.25, -0.2) is 13.6 Å². The molecule has 0 radical (unpaired) electrons. The minimum Gasteiger partial charge on any atom is -0.384 e. The van der Waals surface area contributed by atoms with Gasteiger partial charge in [0.15, 0.2) is 5.44 Å². The van der Waals surface area contributed by atoms with Gasteiger partial charge in [-0.05, 0) is 25.5 Å². The van der Waals surface area contributed by atoms with Gasteiger partial charge in [0.2, 0.25) is 10.0 Å². The topological polar surface area (TPSA) is 83.6 Å². The molecule has 0 amide bonds.